The molecule has 1 N–H and O–H groups in total. The number of carboxylic acid groups (broad SMARTS) is 1. The van der Waals surface area contributed by atoms with Crippen LogP contribution in [0.4, 0.5) is 0 Å². The van der Waals surface area contributed by atoms with E-state index in [2.05, 4.69) is 0 Å². The normalized spacial score (nSPS) is 10.8. The second kappa shape index (κ2) is 7.24. The Morgan fingerprint density at radius 2 is 2.17 bits per heavy atom. The minimum absolute atomic E-state index is 0.0570. The third kappa shape index (κ3) is 5.38. The van der Waals surface area contributed by atoms with Gasteiger partial charge in [0.25, 0.3) is 0 Å². The quantitative estimate of drug-likeness (QED) is 0.902. The summed E-state index contributed by atoms with van der Waals surface area (Å²) < 4.78 is 0. The predicted octanol–water partition coefficient (Wildman–Crippen LogP) is 3.26. The van der Waals surface area contributed by atoms with Crippen molar-refractivity contribution in [2.24, 2.45) is 0 Å². The molecule has 1 rings (SSSR count). The van der Waals surface area contributed by atoms with Gasteiger partial charge in [0.2, 0.25) is 0 Å². The van der Waals surface area contributed by atoms with Gasteiger partial charge in [0.1, 0.15) is 0 Å². The van der Waals surface area contributed by atoms with Crippen LogP contribution in [0.2, 0.25) is 5.02 Å². The zero-order chi connectivity index (χ0) is 13.5. The third-order valence-corrected chi connectivity index (χ3v) is 3.13. The van der Waals surface area contributed by atoms with Crippen LogP contribution >= 0.6 is 23.4 Å². The lowest BCUT2D eigenvalue weighted by molar-refractivity contribution is -0.136. The molecule has 0 aliphatic carbocycles. The van der Waals surface area contributed by atoms with Gasteiger partial charge in [-0.2, -0.15) is 0 Å². The maximum absolute atomic E-state index is 10.7. The van der Waals surface area contributed by atoms with E-state index < -0.39 is 5.97 Å². The molecule has 0 spiro atoms. The third-order valence-electron chi connectivity index (χ3n) is 2.13. The van der Waals surface area contributed by atoms with Gasteiger partial charge in [0.15, 0.2) is 5.12 Å². The van der Waals surface area contributed by atoms with Crippen LogP contribution in [0.5, 0.6) is 0 Å². The molecule has 0 amide bonds. The van der Waals surface area contributed by atoms with Crippen LogP contribution in [-0.4, -0.2) is 21.9 Å². The average Bonchev–Trinajstić information content (AvgIpc) is 2.25. The van der Waals surface area contributed by atoms with Crippen molar-refractivity contribution in [3.63, 3.8) is 0 Å². The molecular formula is C13H13ClO3S. The highest BCUT2D eigenvalue weighted by molar-refractivity contribution is 8.13. The lowest BCUT2D eigenvalue weighted by Crippen LogP contribution is -2.01. The van der Waals surface area contributed by atoms with Gasteiger partial charge in [0, 0.05) is 17.7 Å². The van der Waals surface area contributed by atoms with Crippen LogP contribution in [0.1, 0.15) is 18.1 Å². The van der Waals surface area contributed by atoms with E-state index in [0.29, 0.717) is 16.3 Å². The molecule has 0 aromatic heterocycles. The van der Waals surface area contributed by atoms with Crippen LogP contribution in [0.3, 0.4) is 0 Å². The van der Waals surface area contributed by atoms with Gasteiger partial charge in [-0.3, -0.25) is 9.59 Å². The number of hydrogen-bond acceptors (Lipinski definition) is 3. The Balaban J connectivity index is 2.80. The van der Waals surface area contributed by atoms with Crippen molar-refractivity contribution in [2.45, 2.75) is 13.3 Å². The molecule has 0 saturated heterocycles. The number of thioether (sulfide) groups is 1. The molecule has 18 heavy (non-hydrogen) atoms. The fourth-order valence-corrected chi connectivity index (χ4v) is 2.02. The van der Waals surface area contributed by atoms with E-state index in [4.69, 9.17) is 16.7 Å². The van der Waals surface area contributed by atoms with Crippen LogP contribution in [0, 0.1) is 0 Å². The van der Waals surface area contributed by atoms with E-state index in [1.54, 1.807) is 18.2 Å². The number of benzene rings is 1. The minimum atomic E-state index is -0.898. The molecule has 0 unspecified atom stereocenters. The Morgan fingerprint density at radius 1 is 1.44 bits per heavy atom. The summed E-state index contributed by atoms with van der Waals surface area (Å²) in [4.78, 5) is 21.5. The maximum atomic E-state index is 10.7. The number of rotatable bonds is 5. The summed E-state index contributed by atoms with van der Waals surface area (Å²) in [5.41, 5.74) is 1.48. The molecule has 0 saturated carbocycles. The second-order valence-electron chi connectivity index (χ2n) is 3.62. The van der Waals surface area contributed by atoms with Crippen LogP contribution < -0.4 is 0 Å². The smallest absolute Gasteiger partial charge is 0.307 e. The summed E-state index contributed by atoms with van der Waals surface area (Å²) in [7, 11) is 0. The maximum Gasteiger partial charge on any atom is 0.307 e. The molecule has 0 aliphatic rings. The van der Waals surface area contributed by atoms with Crippen molar-refractivity contribution < 1.29 is 14.7 Å². The van der Waals surface area contributed by atoms with E-state index in [0.717, 1.165) is 5.56 Å². The van der Waals surface area contributed by atoms with Gasteiger partial charge < -0.3 is 5.11 Å². The van der Waals surface area contributed by atoms with Crippen molar-refractivity contribution in [2.75, 3.05) is 5.75 Å². The minimum Gasteiger partial charge on any atom is -0.481 e. The van der Waals surface area contributed by atoms with Crippen LogP contribution in [-0.2, 0) is 16.0 Å². The largest absolute Gasteiger partial charge is 0.481 e. The van der Waals surface area contributed by atoms with E-state index in [1.807, 2.05) is 12.2 Å². The number of aliphatic carboxylic acids is 1. The fourth-order valence-electron chi connectivity index (χ4n) is 1.39. The highest BCUT2D eigenvalue weighted by Gasteiger charge is 2.05. The topological polar surface area (TPSA) is 54.4 Å². The number of hydrogen-bond donors (Lipinski definition) is 1. The molecule has 0 radical (unpaired) electrons. The van der Waals surface area contributed by atoms with Crippen LogP contribution in [0.25, 0.3) is 6.08 Å². The molecule has 1 aromatic rings. The first-order chi connectivity index (χ1) is 8.49. The molecule has 3 nitrogen and oxygen atoms in total. The molecule has 96 valence electrons. The Labute approximate surface area is 115 Å². The predicted molar refractivity (Wildman–Crippen MR) is 75.0 cm³/mol. The number of carbonyl (C=O) groups excluding carboxylic acids is 1. The fraction of sp³-hybridized carbons (Fsp3) is 0.231. The number of carbonyl (C=O) groups is 2. The van der Waals surface area contributed by atoms with Gasteiger partial charge in [0.05, 0.1) is 6.42 Å². The van der Waals surface area contributed by atoms with Crippen molar-refractivity contribution in [1.82, 2.24) is 0 Å². The van der Waals surface area contributed by atoms with E-state index >= 15 is 0 Å². The highest BCUT2D eigenvalue weighted by Crippen LogP contribution is 2.18. The molecular weight excluding hydrogens is 272 g/mol. The summed E-state index contributed by atoms with van der Waals surface area (Å²) in [6.07, 6.45) is 3.57. The number of halogens is 1. The first-order valence-corrected chi connectivity index (χ1v) is 6.65. The molecule has 0 bridgehead atoms. The average molecular weight is 285 g/mol. The Bertz CT molecular complexity index is 483. The summed E-state index contributed by atoms with van der Waals surface area (Å²) in [5.74, 6) is -0.324. The summed E-state index contributed by atoms with van der Waals surface area (Å²) in [6.45, 7) is 1.51. The second-order valence-corrected chi connectivity index (χ2v) is 5.25. The van der Waals surface area contributed by atoms with Crippen molar-refractivity contribution in [3.8, 4) is 0 Å². The summed E-state index contributed by atoms with van der Waals surface area (Å²) in [6, 6.07) is 5.13. The Kier molecular flexibility index (Phi) is 5.95. The Hall–Kier alpha value is -1.26. The highest BCUT2D eigenvalue weighted by atomic mass is 35.5. The SMILES string of the molecule is CC(=O)SCC=Cc1ccc(Cl)cc1CC(=O)O. The van der Waals surface area contributed by atoms with Crippen molar-refractivity contribution >= 4 is 40.5 Å². The van der Waals surface area contributed by atoms with Crippen LogP contribution in [0.15, 0.2) is 24.3 Å². The zero-order valence-electron chi connectivity index (χ0n) is 9.85. The van der Waals surface area contributed by atoms with Gasteiger partial charge in [-0.15, -0.1) is 0 Å². The Morgan fingerprint density at radius 3 is 2.78 bits per heavy atom. The zero-order valence-corrected chi connectivity index (χ0v) is 11.4. The molecule has 0 aliphatic heterocycles. The molecule has 0 atom stereocenters. The summed E-state index contributed by atoms with van der Waals surface area (Å²) in [5, 5.41) is 9.38. The first-order valence-electron chi connectivity index (χ1n) is 5.29. The first kappa shape index (κ1) is 14.8. The van der Waals surface area contributed by atoms with Gasteiger partial charge in [-0.05, 0) is 23.3 Å². The molecule has 0 heterocycles. The standard InChI is InChI=1S/C13H13ClO3S/c1-9(15)18-6-2-3-10-4-5-12(14)7-11(10)8-13(16)17/h2-5,7H,6,8H2,1H3,(H,16,17). The van der Waals surface area contributed by atoms with Crippen molar-refractivity contribution in [3.05, 3.63) is 40.4 Å². The number of carboxylic acids is 1. The van der Waals surface area contributed by atoms with Crippen molar-refractivity contribution in [1.29, 1.82) is 0 Å². The van der Waals surface area contributed by atoms with E-state index in [1.165, 1.54) is 18.7 Å². The van der Waals surface area contributed by atoms with Gasteiger partial charge in [-0.25, -0.2) is 0 Å². The van der Waals surface area contributed by atoms with Gasteiger partial charge in [-0.1, -0.05) is 41.6 Å². The van der Waals surface area contributed by atoms with Gasteiger partial charge >= 0.3 is 5.97 Å². The monoisotopic (exact) mass is 284 g/mol. The lowest BCUT2D eigenvalue weighted by atomic mass is 10.0. The molecule has 5 heteroatoms. The summed E-state index contributed by atoms with van der Waals surface area (Å²) >= 11 is 7.04. The molecule has 0 fully saturated rings. The van der Waals surface area contributed by atoms with E-state index in [-0.39, 0.29) is 11.5 Å². The molecule has 1 aromatic carbocycles. The lowest BCUT2D eigenvalue weighted by Gasteiger charge is -2.04. The van der Waals surface area contributed by atoms with E-state index in [9.17, 15) is 9.59 Å².